The number of aliphatic imine (C=N–C) groups is 1. The number of guanidine groups is 1. The van der Waals surface area contributed by atoms with Crippen molar-refractivity contribution in [3.63, 3.8) is 0 Å². The largest absolute Gasteiger partial charge is 0.454 e. The molecular weight excluding hydrogens is 451 g/mol. The number of fused-ring (bicyclic) bond motifs is 1. The predicted octanol–water partition coefficient (Wildman–Crippen LogP) is 3.48. The lowest BCUT2D eigenvalue weighted by Gasteiger charge is -2.11. The van der Waals surface area contributed by atoms with Crippen molar-refractivity contribution in [2.45, 2.75) is 32.9 Å². The van der Waals surface area contributed by atoms with Gasteiger partial charge in [0.25, 0.3) is 0 Å². The second kappa shape index (κ2) is 9.23. The highest BCUT2D eigenvalue weighted by atomic mass is 127. The molecule has 1 aliphatic heterocycles. The summed E-state index contributed by atoms with van der Waals surface area (Å²) in [5.74, 6) is 2.79. The van der Waals surface area contributed by atoms with Crippen molar-refractivity contribution in [3.05, 3.63) is 39.8 Å². The molecule has 25 heavy (non-hydrogen) atoms. The van der Waals surface area contributed by atoms with E-state index in [9.17, 15) is 0 Å². The molecule has 2 aromatic rings. The molecule has 0 unspecified atom stereocenters. The van der Waals surface area contributed by atoms with Crippen LogP contribution in [0.1, 0.15) is 36.0 Å². The van der Waals surface area contributed by atoms with Crippen molar-refractivity contribution in [2.24, 2.45) is 4.99 Å². The molecule has 136 valence electrons. The fraction of sp³-hybridized carbons (Fsp3) is 0.412. The zero-order valence-corrected chi connectivity index (χ0v) is 17.7. The first kappa shape index (κ1) is 19.8. The van der Waals surface area contributed by atoms with Gasteiger partial charge in [0, 0.05) is 19.0 Å². The third-order valence-corrected chi connectivity index (χ3v) is 4.56. The van der Waals surface area contributed by atoms with Crippen LogP contribution in [0.15, 0.2) is 28.6 Å². The van der Waals surface area contributed by atoms with Crippen LogP contribution in [-0.4, -0.2) is 24.8 Å². The zero-order valence-electron chi connectivity index (χ0n) is 14.5. The van der Waals surface area contributed by atoms with Gasteiger partial charge >= 0.3 is 0 Å². The molecule has 6 nitrogen and oxygen atoms in total. The molecule has 0 spiro atoms. The Morgan fingerprint density at radius 1 is 1.24 bits per heavy atom. The van der Waals surface area contributed by atoms with Gasteiger partial charge in [-0.1, -0.05) is 19.9 Å². The summed E-state index contributed by atoms with van der Waals surface area (Å²) in [7, 11) is 1.76. The van der Waals surface area contributed by atoms with Crippen LogP contribution in [0, 0.1) is 0 Å². The Morgan fingerprint density at radius 3 is 2.72 bits per heavy atom. The summed E-state index contributed by atoms with van der Waals surface area (Å²) in [4.78, 5) is 8.86. The van der Waals surface area contributed by atoms with Gasteiger partial charge in [-0.25, -0.2) is 4.98 Å². The first-order chi connectivity index (χ1) is 11.7. The Labute approximate surface area is 169 Å². The molecule has 0 saturated carbocycles. The molecule has 1 aliphatic rings. The molecule has 3 rings (SSSR count). The van der Waals surface area contributed by atoms with Crippen LogP contribution in [0.2, 0.25) is 0 Å². The van der Waals surface area contributed by atoms with Crippen molar-refractivity contribution in [2.75, 3.05) is 13.8 Å². The minimum absolute atomic E-state index is 0. The van der Waals surface area contributed by atoms with E-state index in [2.05, 4.69) is 39.8 Å². The summed E-state index contributed by atoms with van der Waals surface area (Å²) in [5, 5.41) is 9.76. The Balaban J connectivity index is 0.00000225. The van der Waals surface area contributed by atoms with Gasteiger partial charge < -0.3 is 20.1 Å². The predicted molar refractivity (Wildman–Crippen MR) is 111 cm³/mol. The van der Waals surface area contributed by atoms with Crippen LogP contribution in [-0.2, 0) is 13.1 Å². The molecule has 8 heteroatoms. The Morgan fingerprint density at radius 2 is 2.00 bits per heavy atom. The SMILES string of the molecule is CN=C(NCc1ccc2c(c1)OCO2)NCc1nc(C(C)C)cs1.I. The van der Waals surface area contributed by atoms with Gasteiger partial charge in [-0.15, -0.1) is 35.3 Å². The number of nitrogens with zero attached hydrogens (tertiary/aromatic N) is 2. The highest BCUT2D eigenvalue weighted by molar-refractivity contribution is 14.0. The molecule has 0 atom stereocenters. The topological polar surface area (TPSA) is 67.8 Å². The van der Waals surface area contributed by atoms with E-state index in [1.807, 2.05) is 18.2 Å². The molecule has 2 heterocycles. The Kier molecular flexibility index (Phi) is 7.30. The quantitative estimate of drug-likeness (QED) is 0.395. The van der Waals surface area contributed by atoms with E-state index in [1.165, 1.54) is 0 Å². The molecule has 1 aromatic heterocycles. The van der Waals surface area contributed by atoms with Crippen LogP contribution in [0.3, 0.4) is 0 Å². The number of halogens is 1. The number of rotatable bonds is 5. The molecular formula is C17H23IN4O2S. The lowest BCUT2D eigenvalue weighted by atomic mass is 10.2. The first-order valence-electron chi connectivity index (χ1n) is 7.93. The molecule has 2 N–H and O–H groups in total. The lowest BCUT2D eigenvalue weighted by Crippen LogP contribution is -2.36. The molecule has 0 aliphatic carbocycles. The van der Waals surface area contributed by atoms with Gasteiger partial charge in [0.15, 0.2) is 17.5 Å². The van der Waals surface area contributed by atoms with Crippen LogP contribution in [0.25, 0.3) is 0 Å². The fourth-order valence-corrected chi connectivity index (χ4v) is 3.18. The van der Waals surface area contributed by atoms with Gasteiger partial charge in [0.05, 0.1) is 12.2 Å². The maximum Gasteiger partial charge on any atom is 0.231 e. The summed E-state index contributed by atoms with van der Waals surface area (Å²) < 4.78 is 10.7. The van der Waals surface area contributed by atoms with Crippen LogP contribution in [0.4, 0.5) is 0 Å². The smallest absolute Gasteiger partial charge is 0.231 e. The lowest BCUT2D eigenvalue weighted by molar-refractivity contribution is 0.174. The minimum atomic E-state index is 0. The molecule has 0 amide bonds. The molecule has 0 saturated heterocycles. The highest BCUT2D eigenvalue weighted by Gasteiger charge is 2.13. The second-order valence-electron chi connectivity index (χ2n) is 5.79. The molecule has 1 aromatic carbocycles. The normalized spacial score (nSPS) is 12.9. The Bertz CT molecular complexity index is 733. The second-order valence-corrected chi connectivity index (χ2v) is 6.73. The standard InChI is InChI=1S/C17H22N4O2S.HI/c1-11(2)13-9-24-16(21-13)8-20-17(18-3)19-7-12-4-5-14-15(6-12)23-10-22-14;/h4-6,9,11H,7-8,10H2,1-3H3,(H2,18,19,20);1H. The zero-order chi connectivity index (χ0) is 16.9. The molecule has 0 radical (unpaired) electrons. The third kappa shape index (κ3) is 5.21. The summed E-state index contributed by atoms with van der Waals surface area (Å²) in [6.07, 6.45) is 0. The number of nitrogens with one attached hydrogen (secondary N) is 2. The maximum absolute atomic E-state index is 5.40. The number of hydrogen-bond acceptors (Lipinski definition) is 5. The average molecular weight is 474 g/mol. The maximum atomic E-state index is 5.40. The summed E-state index contributed by atoms with van der Waals surface area (Å²) >= 11 is 1.67. The van der Waals surface area contributed by atoms with Crippen molar-refractivity contribution in [1.29, 1.82) is 0 Å². The first-order valence-corrected chi connectivity index (χ1v) is 8.81. The number of benzene rings is 1. The van der Waals surface area contributed by atoms with Gasteiger partial charge in [0.1, 0.15) is 5.01 Å². The van der Waals surface area contributed by atoms with Crippen molar-refractivity contribution in [3.8, 4) is 11.5 Å². The third-order valence-electron chi connectivity index (χ3n) is 3.69. The summed E-state index contributed by atoms with van der Waals surface area (Å²) in [5.41, 5.74) is 2.25. The Hall–Kier alpha value is -1.55. The van der Waals surface area contributed by atoms with E-state index in [1.54, 1.807) is 18.4 Å². The number of ether oxygens (including phenoxy) is 2. The van der Waals surface area contributed by atoms with E-state index in [-0.39, 0.29) is 24.0 Å². The monoisotopic (exact) mass is 474 g/mol. The number of thiazole rings is 1. The van der Waals surface area contributed by atoms with Gasteiger partial charge in [0.2, 0.25) is 6.79 Å². The molecule has 0 fully saturated rings. The number of hydrogen-bond donors (Lipinski definition) is 2. The van der Waals surface area contributed by atoms with Gasteiger partial charge in [-0.05, 0) is 23.6 Å². The van der Waals surface area contributed by atoms with Crippen molar-refractivity contribution < 1.29 is 9.47 Å². The average Bonchev–Trinajstić information content (AvgIpc) is 3.23. The van der Waals surface area contributed by atoms with E-state index < -0.39 is 0 Å². The fourth-order valence-electron chi connectivity index (χ4n) is 2.29. The van der Waals surface area contributed by atoms with Gasteiger partial charge in [-0.3, -0.25) is 4.99 Å². The highest BCUT2D eigenvalue weighted by Crippen LogP contribution is 2.32. The minimum Gasteiger partial charge on any atom is -0.454 e. The van der Waals surface area contributed by atoms with E-state index in [0.717, 1.165) is 33.7 Å². The van der Waals surface area contributed by atoms with E-state index in [0.29, 0.717) is 25.8 Å². The molecule has 0 bridgehead atoms. The van der Waals surface area contributed by atoms with E-state index in [4.69, 9.17) is 9.47 Å². The summed E-state index contributed by atoms with van der Waals surface area (Å²) in [6.45, 7) is 5.92. The van der Waals surface area contributed by atoms with Crippen LogP contribution in [0.5, 0.6) is 11.5 Å². The summed E-state index contributed by atoms with van der Waals surface area (Å²) in [6, 6.07) is 5.93. The van der Waals surface area contributed by atoms with Crippen molar-refractivity contribution in [1.82, 2.24) is 15.6 Å². The van der Waals surface area contributed by atoms with Crippen LogP contribution < -0.4 is 20.1 Å². The van der Waals surface area contributed by atoms with E-state index >= 15 is 0 Å². The van der Waals surface area contributed by atoms with Gasteiger partial charge in [-0.2, -0.15) is 0 Å². The number of aromatic nitrogens is 1. The van der Waals surface area contributed by atoms with Crippen LogP contribution >= 0.6 is 35.3 Å². The van der Waals surface area contributed by atoms with Crippen molar-refractivity contribution >= 4 is 41.3 Å².